The second-order valence-electron chi connectivity index (χ2n) is 12.3. The number of hydrogen-bond acceptors (Lipinski definition) is 8. The van der Waals surface area contributed by atoms with Gasteiger partial charge in [0.15, 0.2) is 0 Å². The molecule has 3 atom stereocenters. The van der Waals surface area contributed by atoms with Gasteiger partial charge in [-0.15, -0.1) is 0 Å². The second-order valence-corrected chi connectivity index (χ2v) is 12.3. The van der Waals surface area contributed by atoms with Crippen molar-refractivity contribution in [2.45, 2.75) is 76.7 Å². The van der Waals surface area contributed by atoms with Gasteiger partial charge in [0.05, 0.1) is 25.5 Å². The van der Waals surface area contributed by atoms with Gasteiger partial charge in [0.2, 0.25) is 0 Å². The molecule has 0 amide bonds. The fourth-order valence-corrected chi connectivity index (χ4v) is 6.02. The van der Waals surface area contributed by atoms with Crippen LogP contribution in [0.3, 0.4) is 0 Å². The molecule has 0 aromatic heterocycles. The Morgan fingerprint density at radius 2 is 1.85 bits per heavy atom. The molecule has 2 aliphatic heterocycles. The average Bonchev–Trinajstić information content (AvgIpc) is 2.99. The van der Waals surface area contributed by atoms with E-state index in [0.29, 0.717) is 25.3 Å². The van der Waals surface area contributed by atoms with E-state index >= 15 is 0 Å². The number of hydrogen-bond donors (Lipinski definition) is 4. The Labute approximate surface area is 246 Å². The van der Waals surface area contributed by atoms with E-state index in [1.807, 2.05) is 24.3 Å². The first-order valence-electron chi connectivity index (χ1n) is 15.2. The molecule has 0 saturated carbocycles. The van der Waals surface area contributed by atoms with E-state index < -0.39 is 0 Å². The van der Waals surface area contributed by atoms with E-state index in [4.69, 9.17) is 18.9 Å². The standard InChI is InChI=1S/C33H51N3O5/c1-33(2,23-36-26-12-16-40-17-13-26)20-27-19-29(25-7-9-28(39-4)10-8-25)32(21-35-27)41-22-24-6-11-31(37)30(18-24)34-14-5-15-38-3/h6-11,18,26-27,29,32,34-37H,5,12-17,19-23H2,1-4H3/t27?,29?,32-/m0/s1. The van der Waals surface area contributed by atoms with Crippen LogP contribution in [0.25, 0.3) is 0 Å². The monoisotopic (exact) mass is 569 g/mol. The summed E-state index contributed by atoms with van der Waals surface area (Å²) in [6, 6.07) is 15.1. The normalized spacial score (nSPS) is 22.0. The van der Waals surface area contributed by atoms with Crippen molar-refractivity contribution in [3.63, 3.8) is 0 Å². The van der Waals surface area contributed by atoms with Gasteiger partial charge in [0.1, 0.15) is 11.5 Å². The Morgan fingerprint density at radius 3 is 2.59 bits per heavy atom. The molecule has 41 heavy (non-hydrogen) atoms. The van der Waals surface area contributed by atoms with Gasteiger partial charge < -0.3 is 40.0 Å². The highest BCUT2D eigenvalue weighted by atomic mass is 16.5. The number of piperidine rings is 1. The van der Waals surface area contributed by atoms with E-state index in [-0.39, 0.29) is 23.2 Å². The Balaban J connectivity index is 1.38. The molecule has 0 radical (unpaired) electrons. The summed E-state index contributed by atoms with van der Waals surface area (Å²) in [5, 5.41) is 21.2. The highest BCUT2D eigenvalue weighted by Crippen LogP contribution is 2.36. The van der Waals surface area contributed by atoms with E-state index in [9.17, 15) is 5.11 Å². The van der Waals surface area contributed by atoms with Crippen LogP contribution in [0.2, 0.25) is 0 Å². The lowest BCUT2D eigenvalue weighted by atomic mass is 9.77. The third-order valence-electron chi connectivity index (χ3n) is 8.39. The maximum Gasteiger partial charge on any atom is 0.138 e. The van der Waals surface area contributed by atoms with Gasteiger partial charge in [-0.05, 0) is 72.9 Å². The van der Waals surface area contributed by atoms with Crippen LogP contribution in [0, 0.1) is 5.41 Å². The summed E-state index contributed by atoms with van der Waals surface area (Å²) in [5.74, 6) is 1.39. The first kappa shape index (κ1) is 31.6. The van der Waals surface area contributed by atoms with Crippen LogP contribution in [0.15, 0.2) is 42.5 Å². The molecular weight excluding hydrogens is 518 g/mol. The lowest BCUT2D eigenvalue weighted by Crippen LogP contribution is -2.50. The Kier molecular flexibility index (Phi) is 12.1. The molecule has 0 bridgehead atoms. The van der Waals surface area contributed by atoms with Crippen LogP contribution in [-0.4, -0.2) is 77.0 Å². The van der Waals surface area contributed by atoms with Gasteiger partial charge in [-0.3, -0.25) is 0 Å². The summed E-state index contributed by atoms with van der Waals surface area (Å²) < 4.78 is 22.7. The predicted octanol–water partition coefficient (Wildman–Crippen LogP) is 5.07. The first-order valence-corrected chi connectivity index (χ1v) is 15.2. The maximum atomic E-state index is 10.3. The number of phenolic OH excluding ortho intramolecular Hbond substituents is 1. The van der Waals surface area contributed by atoms with Crippen molar-refractivity contribution >= 4 is 5.69 Å². The third-order valence-corrected chi connectivity index (χ3v) is 8.39. The van der Waals surface area contributed by atoms with Gasteiger partial charge in [0, 0.05) is 64.6 Å². The molecule has 2 saturated heterocycles. The van der Waals surface area contributed by atoms with Crippen LogP contribution < -0.4 is 20.7 Å². The number of ether oxygens (including phenoxy) is 4. The van der Waals surface area contributed by atoms with Crippen LogP contribution in [0.5, 0.6) is 11.5 Å². The topological polar surface area (TPSA) is 93.2 Å². The van der Waals surface area contributed by atoms with Crippen molar-refractivity contribution in [2.24, 2.45) is 5.41 Å². The van der Waals surface area contributed by atoms with E-state index in [1.165, 1.54) is 5.56 Å². The Morgan fingerprint density at radius 1 is 1.07 bits per heavy atom. The molecule has 8 nitrogen and oxygen atoms in total. The first-order chi connectivity index (χ1) is 19.9. The summed E-state index contributed by atoms with van der Waals surface area (Å²) in [6.07, 6.45) is 5.22. The second kappa shape index (κ2) is 15.8. The fourth-order valence-electron chi connectivity index (χ4n) is 6.02. The third kappa shape index (κ3) is 9.86. The number of aromatic hydroxyl groups is 1. The molecule has 2 fully saturated rings. The molecule has 8 heteroatoms. The largest absolute Gasteiger partial charge is 0.506 e. The zero-order valence-corrected chi connectivity index (χ0v) is 25.4. The molecule has 0 spiro atoms. The summed E-state index contributed by atoms with van der Waals surface area (Å²) in [4.78, 5) is 0. The smallest absolute Gasteiger partial charge is 0.138 e. The van der Waals surface area contributed by atoms with Gasteiger partial charge in [-0.1, -0.05) is 32.0 Å². The Bertz CT molecular complexity index is 1040. The molecule has 228 valence electrons. The van der Waals surface area contributed by atoms with Crippen molar-refractivity contribution in [2.75, 3.05) is 59.0 Å². The number of rotatable bonds is 15. The number of nitrogens with one attached hydrogen (secondary N) is 3. The summed E-state index contributed by atoms with van der Waals surface area (Å²) in [7, 11) is 3.40. The molecular formula is C33H51N3O5. The highest BCUT2D eigenvalue weighted by molar-refractivity contribution is 5.57. The summed E-state index contributed by atoms with van der Waals surface area (Å²) >= 11 is 0. The minimum atomic E-state index is 0.0371. The zero-order valence-electron chi connectivity index (χ0n) is 25.4. The van der Waals surface area contributed by atoms with Gasteiger partial charge in [0.25, 0.3) is 0 Å². The fraction of sp³-hybridized carbons (Fsp3) is 0.636. The minimum Gasteiger partial charge on any atom is -0.506 e. The van der Waals surface area contributed by atoms with Crippen molar-refractivity contribution in [3.8, 4) is 11.5 Å². The zero-order chi connectivity index (χ0) is 29.1. The van der Waals surface area contributed by atoms with E-state index in [0.717, 1.165) is 82.0 Å². The highest BCUT2D eigenvalue weighted by Gasteiger charge is 2.35. The minimum absolute atomic E-state index is 0.0371. The number of benzene rings is 2. The molecule has 2 heterocycles. The van der Waals surface area contributed by atoms with Crippen LogP contribution in [0.4, 0.5) is 5.69 Å². The van der Waals surface area contributed by atoms with Crippen LogP contribution >= 0.6 is 0 Å². The van der Waals surface area contributed by atoms with Crippen molar-refractivity contribution < 1.29 is 24.1 Å². The van der Waals surface area contributed by atoms with Crippen molar-refractivity contribution in [3.05, 3.63) is 53.6 Å². The van der Waals surface area contributed by atoms with Crippen molar-refractivity contribution in [1.82, 2.24) is 10.6 Å². The maximum absolute atomic E-state index is 10.3. The number of phenols is 1. The van der Waals surface area contributed by atoms with Crippen LogP contribution in [-0.2, 0) is 20.8 Å². The average molecular weight is 570 g/mol. The molecule has 4 rings (SSSR count). The Hall–Kier alpha value is -2.36. The number of anilines is 1. The molecule has 2 aromatic carbocycles. The van der Waals surface area contributed by atoms with Crippen molar-refractivity contribution in [1.29, 1.82) is 0 Å². The molecule has 4 N–H and O–H groups in total. The molecule has 2 unspecified atom stereocenters. The van der Waals surface area contributed by atoms with Gasteiger partial charge >= 0.3 is 0 Å². The molecule has 2 aliphatic rings. The molecule has 2 aromatic rings. The van der Waals surface area contributed by atoms with E-state index in [2.05, 4.69) is 41.9 Å². The number of methoxy groups -OCH3 is 2. The van der Waals surface area contributed by atoms with Crippen LogP contribution in [0.1, 0.15) is 63.0 Å². The predicted molar refractivity (Wildman–Crippen MR) is 164 cm³/mol. The quantitative estimate of drug-likeness (QED) is 0.175. The van der Waals surface area contributed by atoms with E-state index in [1.54, 1.807) is 20.3 Å². The van der Waals surface area contributed by atoms with Gasteiger partial charge in [-0.2, -0.15) is 0 Å². The summed E-state index contributed by atoms with van der Waals surface area (Å²) in [6.45, 7) is 10.2. The summed E-state index contributed by atoms with van der Waals surface area (Å²) in [5.41, 5.74) is 3.22. The van der Waals surface area contributed by atoms with Gasteiger partial charge in [-0.25, -0.2) is 0 Å². The lowest BCUT2D eigenvalue weighted by Gasteiger charge is -2.40. The molecule has 0 aliphatic carbocycles. The lowest BCUT2D eigenvalue weighted by molar-refractivity contribution is -0.000725. The SMILES string of the molecule is COCCCNc1cc(CO[C@H]2CNC(CC(C)(C)CNC3CCOCC3)CC2c2ccc(OC)cc2)ccc1O.